The van der Waals surface area contributed by atoms with E-state index in [4.69, 9.17) is 4.42 Å². The van der Waals surface area contributed by atoms with Crippen molar-refractivity contribution in [3.8, 4) is 22.9 Å². The van der Waals surface area contributed by atoms with Crippen LogP contribution in [0.15, 0.2) is 101 Å². The molecule has 1 unspecified atom stereocenters. The van der Waals surface area contributed by atoms with E-state index in [0.29, 0.717) is 17.3 Å². The van der Waals surface area contributed by atoms with Crippen LogP contribution in [0.2, 0.25) is 0 Å². The molecule has 0 spiro atoms. The predicted molar refractivity (Wildman–Crippen MR) is 130 cm³/mol. The molecule has 0 bridgehead atoms. The Morgan fingerprint density at radius 2 is 1.58 bits per heavy atom. The average Bonchev–Trinajstić information content (AvgIpc) is 3.56. The van der Waals surface area contributed by atoms with Gasteiger partial charge in [-0.1, -0.05) is 54.6 Å². The molecule has 33 heavy (non-hydrogen) atoms. The van der Waals surface area contributed by atoms with E-state index in [1.54, 1.807) is 23.5 Å². The maximum atomic E-state index is 13.0. The molecule has 3 aromatic carbocycles. The minimum Gasteiger partial charge on any atom is -0.416 e. The zero-order chi connectivity index (χ0) is 22.6. The van der Waals surface area contributed by atoms with E-state index in [2.05, 4.69) is 15.5 Å². The van der Waals surface area contributed by atoms with Crippen LogP contribution in [0, 0.1) is 6.92 Å². The van der Waals surface area contributed by atoms with Crippen molar-refractivity contribution in [1.29, 1.82) is 0 Å². The van der Waals surface area contributed by atoms with Crippen LogP contribution in [0.25, 0.3) is 22.9 Å². The summed E-state index contributed by atoms with van der Waals surface area (Å²) in [6.07, 6.45) is 0. The molecule has 0 aliphatic carbocycles. The van der Waals surface area contributed by atoms with Gasteiger partial charge in [-0.3, -0.25) is 4.79 Å². The molecule has 0 radical (unpaired) electrons. The first-order chi connectivity index (χ1) is 16.2. The predicted octanol–water partition coefficient (Wildman–Crippen LogP) is 6.29. The average molecular weight is 452 g/mol. The van der Waals surface area contributed by atoms with Crippen molar-refractivity contribution < 1.29 is 9.21 Å². The van der Waals surface area contributed by atoms with Gasteiger partial charge in [0.25, 0.3) is 5.91 Å². The molecule has 0 aliphatic heterocycles. The highest BCUT2D eigenvalue weighted by molar-refractivity contribution is 7.10. The molecular formula is C27H21N3O2S. The summed E-state index contributed by atoms with van der Waals surface area (Å²) >= 11 is 1.62. The minimum atomic E-state index is -0.203. The number of benzene rings is 3. The molecule has 6 heteroatoms. The van der Waals surface area contributed by atoms with Crippen molar-refractivity contribution >= 4 is 17.2 Å². The van der Waals surface area contributed by atoms with Gasteiger partial charge in [-0.2, -0.15) is 0 Å². The SMILES string of the molecule is Cc1ccccc1-c1nnc(-c2ccc(C(=O)NC(c3ccccc3)c3cccs3)cc2)o1. The van der Waals surface area contributed by atoms with Crippen LogP contribution < -0.4 is 5.32 Å². The molecule has 1 amide bonds. The van der Waals surface area contributed by atoms with Crippen molar-refractivity contribution in [1.82, 2.24) is 15.5 Å². The second-order valence-corrected chi connectivity index (χ2v) is 8.62. The minimum absolute atomic E-state index is 0.144. The van der Waals surface area contributed by atoms with Gasteiger partial charge < -0.3 is 9.73 Å². The number of carbonyl (C=O) groups excluding carboxylic acids is 1. The van der Waals surface area contributed by atoms with Gasteiger partial charge in [-0.05, 0) is 59.8 Å². The van der Waals surface area contributed by atoms with E-state index in [1.165, 1.54) is 0 Å². The molecule has 5 nitrogen and oxygen atoms in total. The first-order valence-electron chi connectivity index (χ1n) is 10.6. The summed E-state index contributed by atoms with van der Waals surface area (Å²) < 4.78 is 5.89. The van der Waals surface area contributed by atoms with Crippen LogP contribution in [0.1, 0.15) is 32.4 Å². The maximum Gasteiger partial charge on any atom is 0.252 e. The van der Waals surface area contributed by atoms with E-state index in [1.807, 2.05) is 91.2 Å². The van der Waals surface area contributed by atoms with Gasteiger partial charge in [0, 0.05) is 21.6 Å². The van der Waals surface area contributed by atoms with Crippen LogP contribution in [0.5, 0.6) is 0 Å². The number of nitrogens with zero attached hydrogens (tertiary/aromatic N) is 2. The first-order valence-corrected chi connectivity index (χ1v) is 11.5. The van der Waals surface area contributed by atoms with E-state index in [0.717, 1.165) is 27.1 Å². The summed E-state index contributed by atoms with van der Waals surface area (Å²) in [5.74, 6) is 0.752. The van der Waals surface area contributed by atoms with E-state index < -0.39 is 0 Å². The molecule has 5 aromatic rings. The molecule has 0 saturated heterocycles. The van der Waals surface area contributed by atoms with Gasteiger partial charge in [0.2, 0.25) is 11.8 Å². The van der Waals surface area contributed by atoms with Crippen molar-refractivity contribution in [2.24, 2.45) is 0 Å². The second kappa shape index (κ2) is 9.22. The Bertz CT molecular complexity index is 1360. The summed E-state index contributed by atoms with van der Waals surface area (Å²) in [6.45, 7) is 2.01. The number of thiophene rings is 1. The van der Waals surface area contributed by atoms with E-state index >= 15 is 0 Å². The zero-order valence-electron chi connectivity index (χ0n) is 17.9. The van der Waals surface area contributed by atoms with Crippen LogP contribution in [0.4, 0.5) is 0 Å². The quantitative estimate of drug-likeness (QED) is 0.329. The topological polar surface area (TPSA) is 68.0 Å². The number of amides is 1. The third-order valence-corrected chi connectivity index (χ3v) is 6.37. The Morgan fingerprint density at radius 3 is 2.30 bits per heavy atom. The second-order valence-electron chi connectivity index (χ2n) is 7.64. The van der Waals surface area contributed by atoms with Gasteiger partial charge in [0.1, 0.15) is 0 Å². The molecule has 1 N–H and O–H groups in total. The molecule has 5 rings (SSSR count). The lowest BCUT2D eigenvalue weighted by Crippen LogP contribution is -2.28. The van der Waals surface area contributed by atoms with Gasteiger partial charge in [-0.25, -0.2) is 0 Å². The summed E-state index contributed by atoms with van der Waals surface area (Å²) in [7, 11) is 0. The summed E-state index contributed by atoms with van der Waals surface area (Å²) in [5, 5.41) is 13.6. The van der Waals surface area contributed by atoms with Crippen molar-refractivity contribution in [2.45, 2.75) is 13.0 Å². The molecule has 2 heterocycles. The number of aromatic nitrogens is 2. The lowest BCUT2D eigenvalue weighted by molar-refractivity contribution is 0.0943. The molecule has 0 fully saturated rings. The highest BCUT2D eigenvalue weighted by Gasteiger charge is 2.19. The highest BCUT2D eigenvalue weighted by Crippen LogP contribution is 2.28. The van der Waals surface area contributed by atoms with Gasteiger partial charge in [0.15, 0.2) is 0 Å². The molecular weight excluding hydrogens is 430 g/mol. The summed E-state index contributed by atoms with van der Waals surface area (Å²) in [4.78, 5) is 14.1. The number of hydrogen-bond acceptors (Lipinski definition) is 5. The normalized spacial score (nSPS) is 11.8. The molecule has 1 atom stereocenters. The Labute approximate surface area is 195 Å². The lowest BCUT2D eigenvalue weighted by Gasteiger charge is -2.18. The summed E-state index contributed by atoms with van der Waals surface area (Å²) in [5.41, 5.74) is 4.34. The lowest BCUT2D eigenvalue weighted by atomic mass is 10.0. The summed E-state index contributed by atoms with van der Waals surface area (Å²) in [6, 6.07) is 28.9. The van der Waals surface area contributed by atoms with Gasteiger partial charge in [-0.15, -0.1) is 21.5 Å². The Hall–Kier alpha value is -4.03. The van der Waals surface area contributed by atoms with Crippen molar-refractivity contribution in [2.75, 3.05) is 0 Å². The van der Waals surface area contributed by atoms with Crippen molar-refractivity contribution in [3.63, 3.8) is 0 Å². The van der Waals surface area contributed by atoms with Crippen LogP contribution in [-0.4, -0.2) is 16.1 Å². The smallest absolute Gasteiger partial charge is 0.252 e. The first kappa shape index (κ1) is 20.8. The Kier molecular flexibility index (Phi) is 5.83. The number of rotatable bonds is 6. The van der Waals surface area contributed by atoms with Gasteiger partial charge >= 0.3 is 0 Å². The number of carbonyl (C=O) groups is 1. The Balaban J connectivity index is 1.35. The highest BCUT2D eigenvalue weighted by atomic mass is 32.1. The molecule has 2 aromatic heterocycles. The fourth-order valence-corrected chi connectivity index (χ4v) is 4.46. The standard InChI is InChI=1S/C27H21N3O2S/c1-18-8-5-6-11-22(18)27-30-29-26(32-27)21-15-13-20(14-16-21)25(31)28-24(23-12-7-17-33-23)19-9-3-2-4-10-19/h2-17,24H,1H3,(H,28,31). The van der Waals surface area contributed by atoms with Crippen LogP contribution >= 0.6 is 11.3 Å². The fraction of sp³-hybridized carbons (Fsp3) is 0.0741. The largest absolute Gasteiger partial charge is 0.416 e. The van der Waals surface area contributed by atoms with Gasteiger partial charge in [0.05, 0.1) is 6.04 Å². The molecule has 162 valence electrons. The molecule has 0 aliphatic rings. The zero-order valence-corrected chi connectivity index (χ0v) is 18.8. The monoisotopic (exact) mass is 451 g/mol. The van der Waals surface area contributed by atoms with Crippen LogP contribution in [0.3, 0.4) is 0 Å². The van der Waals surface area contributed by atoms with Crippen LogP contribution in [-0.2, 0) is 0 Å². The number of aryl methyl sites for hydroxylation is 1. The van der Waals surface area contributed by atoms with E-state index in [9.17, 15) is 4.79 Å². The Morgan fingerprint density at radius 1 is 0.848 bits per heavy atom. The maximum absolute atomic E-state index is 13.0. The van der Waals surface area contributed by atoms with Crippen molar-refractivity contribution in [3.05, 3.63) is 118 Å². The molecule has 0 saturated carbocycles. The number of hydrogen-bond donors (Lipinski definition) is 1. The fourth-order valence-electron chi connectivity index (χ4n) is 3.66. The van der Waals surface area contributed by atoms with E-state index in [-0.39, 0.29) is 11.9 Å². The number of nitrogens with one attached hydrogen (secondary N) is 1. The third-order valence-electron chi connectivity index (χ3n) is 5.43. The third kappa shape index (κ3) is 4.47.